The van der Waals surface area contributed by atoms with Crippen LogP contribution in [0.15, 0.2) is 15.9 Å². The van der Waals surface area contributed by atoms with E-state index >= 15 is 0 Å². The molecular formula is C13H15BrN2O4S2. The maximum atomic E-state index is 12.0. The fraction of sp³-hybridized carbons (Fsp3) is 0.462. The molecule has 0 radical (unpaired) electrons. The number of amides is 2. The minimum absolute atomic E-state index is 0.0692. The third-order valence-electron chi connectivity index (χ3n) is 2.89. The van der Waals surface area contributed by atoms with Crippen LogP contribution in [0.5, 0.6) is 0 Å². The molecule has 1 aliphatic heterocycles. The molecule has 2 amide bonds. The number of thiophene rings is 1. The van der Waals surface area contributed by atoms with E-state index in [1.165, 1.54) is 28.0 Å². The fourth-order valence-electron chi connectivity index (χ4n) is 1.92. The minimum Gasteiger partial charge on any atom is -0.465 e. The molecule has 2 heterocycles. The second-order valence-corrected chi connectivity index (χ2v) is 7.27. The third kappa shape index (κ3) is 4.23. The Morgan fingerprint density at radius 3 is 2.95 bits per heavy atom. The molecular weight excluding hydrogens is 392 g/mol. The molecule has 1 N–H and O–H groups in total. The van der Waals surface area contributed by atoms with Crippen molar-refractivity contribution in [1.29, 1.82) is 0 Å². The van der Waals surface area contributed by atoms with E-state index < -0.39 is 5.97 Å². The highest BCUT2D eigenvalue weighted by Gasteiger charge is 2.35. The van der Waals surface area contributed by atoms with Crippen LogP contribution in [0.2, 0.25) is 0 Å². The zero-order valence-corrected chi connectivity index (χ0v) is 15.1. The number of rotatable bonds is 6. The lowest BCUT2D eigenvalue weighted by molar-refractivity contribution is -0.143. The molecule has 1 aromatic heterocycles. The summed E-state index contributed by atoms with van der Waals surface area (Å²) < 4.78 is 5.67. The second kappa shape index (κ2) is 7.98. The van der Waals surface area contributed by atoms with Crippen molar-refractivity contribution in [2.45, 2.75) is 12.3 Å². The van der Waals surface area contributed by atoms with E-state index in [2.05, 4.69) is 21.2 Å². The van der Waals surface area contributed by atoms with Gasteiger partial charge < -0.3 is 15.0 Å². The first-order chi connectivity index (χ1) is 10.5. The largest absolute Gasteiger partial charge is 0.465 e. The molecule has 1 aliphatic rings. The first-order valence-electron chi connectivity index (χ1n) is 6.59. The van der Waals surface area contributed by atoms with E-state index in [1.54, 1.807) is 6.92 Å². The first kappa shape index (κ1) is 17.3. The Morgan fingerprint density at radius 1 is 1.55 bits per heavy atom. The zero-order valence-electron chi connectivity index (χ0n) is 11.8. The van der Waals surface area contributed by atoms with E-state index in [9.17, 15) is 14.4 Å². The van der Waals surface area contributed by atoms with Crippen molar-refractivity contribution in [3.05, 3.63) is 20.8 Å². The number of thioether (sulfide) groups is 1. The van der Waals surface area contributed by atoms with E-state index in [0.717, 1.165) is 9.35 Å². The van der Waals surface area contributed by atoms with Gasteiger partial charge in [-0.1, -0.05) is 0 Å². The SMILES string of the molecule is CCOC(=O)CNC(=O)CN1C(=O)CSC1c1sccc1Br. The van der Waals surface area contributed by atoms with Gasteiger partial charge >= 0.3 is 5.97 Å². The summed E-state index contributed by atoms with van der Waals surface area (Å²) in [6.45, 7) is 1.71. The van der Waals surface area contributed by atoms with Crippen molar-refractivity contribution in [2.75, 3.05) is 25.4 Å². The Labute approximate surface area is 144 Å². The molecule has 1 saturated heterocycles. The highest BCUT2D eigenvalue weighted by atomic mass is 79.9. The summed E-state index contributed by atoms with van der Waals surface area (Å²) in [5, 5.41) is 4.23. The Morgan fingerprint density at radius 2 is 2.32 bits per heavy atom. The van der Waals surface area contributed by atoms with E-state index in [-0.39, 0.29) is 36.9 Å². The lowest BCUT2D eigenvalue weighted by atomic mass is 10.3. The summed E-state index contributed by atoms with van der Waals surface area (Å²) in [4.78, 5) is 37.7. The van der Waals surface area contributed by atoms with Crippen molar-refractivity contribution >= 4 is 56.8 Å². The predicted molar refractivity (Wildman–Crippen MR) is 88.6 cm³/mol. The van der Waals surface area contributed by atoms with Gasteiger partial charge in [0.15, 0.2) is 0 Å². The lowest BCUT2D eigenvalue weighted by Crippen LogP contribution is -2.41. The average molecular weight is 407 g/mol. The molecule has 0 bridgehead atoms. The maximum absolute atomic E-state index is 12.0. The molecule has 0 spiro atoms. The molecule has 9 heteroatoms. The standard InChI is InChI=1S/C13H15BrN2O4S2/c1-2-20-11(19)5-15-9(17)6-16-10(18)7-22-13(16)12-8(14)3-4-21-12/h3-4,13H,2,5-7H2,1H3,(H,15,17). The summed E-state index contributed by atoms with van der Waals surface area (Å²) in [6.07, 6.45) is 0. The number of hydrogen-bond donors (Lipinski definition) is 1. The van der Waals surface area contributed by atoms with Gasteiger partial charge in [0.2, 0.25) is 11.8 Å². The van der Waals surface area contributed by atoms with Crippen molar-refractivity contribution in [1.82, 2.24) is 10.2 Å². The molecule has 1 fully saturated rings. The monoisotopic (exact) mass is 406 g/mol. The fourth-order valence-corrected chi connectivity index (χ4v) is 5.14. The smallest absolute Gasteiger partial charge is 0.325 e. The van der Waals surface area contributed by atoms with Crippen LogP contribution in [0.3, 0.4) is 0 Å². The van der Waals surface area contributed by atoms with Gasteiger partial charge in [-0.05, 0) is 34.3 Å². The van der Waals surface area contributed by atoms with Crippen LogP contribution in [-0.4, -0.2) is 48.1 Å². The quantitative estimate of drug-likeness (QED) is 0.728. The molecule has 0 aromatic carbocycles. The molecule has 6 nitrogen and oxygen atoms in total. The van der Waals surface area contributed by atoms with Gasteiger partial charge in [0.25, 0.3) is 0 Å². The summed E-state index contributed by atoms with van der Waals surface area (Å²) in [6, 6.07) is 1.92. The Bertz CT molecular complexity index is 578. The van der Waals surface area contributed by atoms with Gasteiger partial charge in [0.1, 0.15) is 18.5 Å². The van der Waals surface area contributed by atoms with Crippen LogP contribution in [0.25, 0.3) is 0 Å². The lowest BCUT2D eigenvalue weighted by Gasteiger charge is -2.22. The van der Waals surface area contributed by atoms with Crippen LogP contribution in [0, 0.1) is 0 Å². The summed E-state index contributed by atoms with van der Waals surface area (Å²) in [7, 11) is 0. The third-order valence-corrected chi connectivity index (χ3v) is 6.18. The highest BCUT2D eigenvalue weighted by Crippen LogP contribution is 2.43. The zero-order chi connectivity index (χ0) is 16.1. The van der Waals surface area contributed by atoms with Gasteiger partial charge in [-0.3, -0.25) is 14.4 Å². The number of nitrogens with zero attached hydrogens (tertiary/aromatic N) is 1. The van der Waals surface area contributed by atoms with Crippen molar-refractivity contribution < 1.29 is 19.1 Å². The molecule has 22 heavy (non-hydrogen) atoms. The predicted octanol–water partition coefficient (Wildman–Crippen LogP) is 1.76. The van der Waals surface area contributed by atoms with Gasteiger partial charge in [-0.2, -0.15) is 0 Å². The van der Waals surface area contributed by atoms with E-state index in [4.69, 9.17) is 4.74 Å². The number of halogens is 1. The first-order valence-corrected chi connectivity index (χ1v) is 9.31. The van der Waals surface area contributed by atoms with E-state index in [0.29, 0.717) is 5.75 Å². The summed E-state index contributed by atoms with van der Waals surface area (Å²) in [5.74, 6) is -0.598. The Hall–Kier alpha value is -1.06. The van der Waals surface area contributed by atoms with Crippen molar-refractivity contribution in [2.24, 2.45) is 0 Å². The number of nitrogens with one attached hydrogen (secondary N) is 1. The van der Waals surface area contributed by atoms with Crippen LogP contribution < -0.4 is 5.32 Å². The maximum Gasteiger partial charge on any atom is 0.325 e. The number of hydrogen-bond acceptors (Lipinski definition) is 6. The van der Waals surface area contributed by atoms with Gasteiger partial charge in [0, 0.05) is 4.47 Å². The highest BCUT2D eigenvalue weighted by molar-refractivity contribution is 9.10. The Balaban J connectivity index is 1.94. The topological polar surface area (TPSA) is 75.7 Å². The summed E-state index contributed by atoms with van der Waals surface area (Å²) >= 11 is 6.48. The normalized spacial score (nSPS) is 17.6. The average Bonchev–Trinajstić information content (AvgIpc) is 3.04. The molecule has 120 valence electrons. The number of esters is 1. The van der Waals surface area contributed by atoms with Crippen molar-refractivity contribution in [3.63, 3.8) is 0 Å². The summed E-state index contributed by atoms with van der Waals surface area (Å²) in [5.41, 5.74) is 0. The number of ether oxygens (including phenoxy) is 1. The van der Waals surface area contributed by atoms with Crippen LogP contribution >= 0.6 is 39.0 Å². The second-order valence-electron chi connectivity index (χ2n) is 4.40. The van der Waals surface area contributed by atoms with Crippen molar-refractivity contribution in [3.8, 4) is 0 Å². The molecule has 0 saturated carbocycles. The molecule has 1 unspecified atom stereocenters. The van der Waals surface area contributed by atoms with E-state index in [1.807, 2.05) is 11.4 Å². The number of carbonyl (C=O) groups excluding carboxylic acids is 3. The number of carbonyl (C=O) groups is 3. The molecule has 2 rings (SSSR count). The molecule has 0 aliphatic carbocycles. The van der Waals surface area contributed by atoms with Gasteiger partial charge in [0.05, 0.1) is 17.2 Å². The molecule has 1 aromatic rings. The van der Waals surface area contributed by atoms with Crippen LogP contribution in [0.4, 0.5) is 0 Å². The van der Waals surface area contributed by atoms with Gasteiger partial charge in [-0.15, -0.1) is 23.1 Å². The van der Waals surface area contributed by atoms with Crippen LogP contribution in [-0.2, 0) is 19.1 Å². The van der Waals surface area contributed by atoms with Gasteiger partial charge in [-0.25, -0.2) is 0 Å². The van der Waals surface area contributed by atoms with Crippen LogP contribution in [0.1, 0.15) is 17.2 Å². The minimum atomic E-state index is -0.490. The Kier molecular flexibility index (Phi) is 6.27. The molecule has 1 atom stereocenters.